The third-order valence-electron chi connectivity index (χ3n) is 3.20. The number of aryl methyl sites for hydroxylation is 2. The van der Waals surface area contributed by atoms with Gasteiger partial charge < -0.3 is 14.8 Å². The van der Waals surface area contributed by atoms with Crippen LogP contribution in [0, 0.1) is 13.8 Å². The van der Waals surface area contributed by atoms with E-state index in [-0.39, 0.29) is 5.91 Å². The molecule has 0 fully saturated rings. The molecule has 0 aromatic heterocycles. The fourth-order valence-corrected chi connectivity index (χ4v) is 2.28. The first kappa shape index (κ1) is 15.9. The fraction of sp³-hybridized carbons (Fsp3) is 0.278. The predicted octanol–water partition coefficient (Wildman–Crippen LogP) is 3.12. The summed E-state index contributed by atoms with van der Waals surface area (Å²) in [6.45, 7) is 4.92. The molecule has 0 heterocycles. The summed E-state index contributed by atoms with van der Waals surface area (Å²) in [4.78, 5) is 12.1. The molecule has 0 atom stereocenters. The third kappa shape index (κ3) is 4.25. The highest BCUT2D eigenvalue weighted by Gasteiger charge is 2.10. The maximum absolute atomic E-state index is 12.1. The molecule has 116 valence electrons. The van der Waals surface area contributed by atoms with Gasteiger partial charge in [0, 0.05) is 0 Å². The number of hydrogen-bond donors (Lipinski definition) is 1. The number of amides is 1. The van der Waals surface area contributed by atoms with Crippen LogP contribution in [0.1, 0.15) is 21.5 Å². The Balaban J connectivity index is 1.84. The molecule has 0 aliphatic carbocycles. The van der Waals surface area contributed by atoms with Crippen LogP contribution in [-0.4, -0.2) is 26.2 Å². The Morgan fingerprint density at radius 2 is 1.77 bits per heavy atom. The largest absolute Gasteiger partial charge is 0.496 e. The van der Waals surface area contributed by atoms with Crippen LogP contribution >= 0.6 is 0 Å². The standard InChI is InChI=1S/C18H21NO3/c1-13-10-14(2)12-15(11-13)22-9-8-19-18(20)16-6-4-5-7-17(16)21-3/h4-7,10-12H,8-9H2,1-3H3,(H,19,20). The summed E-state index contributed by atoms with van der Waals surface area (Å²) in [6, 6.07) is 13.2. The second-order valence-electron chi connectivity index (χ2n) is 5.13. The molecule has 4 heteroatoms. The SMILES string of the molecule is COc1ccccc1C(=O)NCCOc1cc(C)cc(C)c1. The number of carbonyl (C=O) groups excluding carboxylic acids is 1. The van der Waals surface area contributed by atoms with Crippen LogP contribution in [0.4, 0.5) is 0 Å². The summed E-state index contributed by atoms with van der Waals surface area (Å²) >= 11 is 0. The Kier molecular flexibility index (Phi) is 5.42. The van der Waals surface area contributed by atoms with Crippen molar-refractivity contribution in [2.75, 3.05) is 20.3 Å². The summed E-state index contributed by atoms with van der Waals surface area (Å²) in [5.41, 5.74) is 2.84. The number of carbonyl (C=O) groups is 1. The highest BCUT2D eigenvalue weighted by Crippen LogP contribution is 2.17. The van der Waals surface area contributed by atoms with Gasteiger partial charge in [0.1, 0.15) is 18.1 Å². The molecule has 22 heavy (non-hydrogen) atoms. The first-order chi connectivity index (χ1) is 10.6. The van der Waals surface area contributed by atoms with E-state index in [2.05, 4.69) is 11.4 Å². The molecular weight excluding hydrogens is 278 g/mol. The molecule has 4 nitrogen and oxygen atoms in total. The van der Waals surface area contributed by atoms with E-state index in [9.17, 15) is 4.79 Å². The van der Waals surface area contributed by atoms with Crippen LogP contribution in [0.5, 0.6) is 11.5 Å². The van der Waals surface area contributed by atoms with E-state index in [4.69, 9.17) is 9.47 Å². The van der Waals surface area contributed by atoms with Crippen molar-refractivity contribution in [3.05, 3.63) is 59.2 Å². The number of methoxy groups -OCH3 is 1. The second kappa shape index (κ2) is 7.50. The number of nitrogens with one attached hydrogen (secondary N) is 1. The average Bonchev–Trinajstić information content (AvgIpc) is 2.50. The molecule has 1 amide bonds. The summed E-state index contributed by atoms with van der Waals surface area (Å²) in [6.07, 6.45) is 0. The molecule has 2 aromatic carbocycles. The zero-order valence-electron chi connectivity index (χ0n) is 13.2. The molecule has 0 aliphatic heterocycles. The van der Waals surface area contributed by atoms with Crippen molar-refractivity contribution in [1.29, 1.82) is 0 Å². The molecule has 0 aliphatic rings. The van der Waals surface area contributed by atoms with Crippen molar-refractivity contribution in [3.8, 4) is 11.5 Å². The number of hydrogen-bond acceptors (Lipinski definition) is 3. The second-order valence-corrected chi connectivity index (χ2v) is 5.13. The first-order valence-corrected chi connectivity index (χ1v) is 7.22. The smallest absolute Gasteiger partial charge is 0.255 e. The zero-order chi connectivity index (χ0) is 15.9. The van der Waals surface area contributed by atoms with Gasteiger partial charge in [-0.15, -0.1) is 0 Å². The quantitative estimate of drug-likeness (QED) is 0.834. The van der Waals surface area contributed by atoms with Crippen molar-refractivity contribution in [2.45, 2.75) is 13.8 Å². The molecule has 0 saturated heterocycles. The maximum Gasteiger partial charge on any atom is 0.255 e. The van der Waals surface area contributed by atoms with Crippen molar-refractivity contribution in [3.63, 3.8) is 0 Å². The van der Waals surface area contributed by atoms with Crippen LogP contribution in [0.3, 0.4) is 0 Å². The molecule has 0 spiro atoms. The number of ether oxygens (including phenoxy) is 2. The van der Waals surface area contributed by atoms with Gasteiger partial charge in [-0.3, -0.25) is 4.79 Å². The van der Waals surface area contributed by atoms with E-state index in [1.807, 2.05) is 38.1 Å². The van der Waals surface area contributed by atoms with Crippen molar-refractivity contribution in [2.24, 2.45) is 0 Å². The molecule has 2 aromatic rings. The lowest BCUT2D eigenvalue weighted by Gasteiger charge is -2.11. The number of benzene rings is 2. The Morgan fingerprint density at radius 3 is 2.45 bits per heavy atom. The van der Waals surface area contributed by atoms with Crippen LogP contribution in [0.2, 0.25) is 0 Å². The number of para-hydroxylation sites is 1. The fourth-order valence-electron chi connectivity index (χ4n) is 2.28. The highest BCUT2D eigenvalue weighted by molar-refractivity contribution is 5.96. The Hall–Kier alpha value is -2.49. The van der Waals surface area contributed by atoms with E-state index in [0.29, 0.717) is 24.5 Å². The van der Waals surface area contributed by atoms with Crippen LogP contribution in [-0.2, 0) is 0 Å². The van der Waals surface area contributed by atoms with Gasteiger partial charge >= 0.3 is 0 Å². The monoisotopic (exact) mass is 299 g/mol. The van der Waals surface area contributed by atoms with E-state index >= 15 is 0 Å². The molecular formula is C18H21NO3. The van der Waals surface area contributed by atoms with Gasteiger partial charge in [-0.1, -0.05) is 18.2 Å². The van der Waals surface area contributed by atoms with Gasteiger partial charge in [-0.05, 0) is 49.2 Å². The zero-order valence-corrected chi connectivity index (χ0v) is 13.2. The van der Waals surface area contributed by atoms with E-state index in [1.54, 1.807) is 19.2 Å². The summed E-state index contributed by atoms with van der Waals surface area (Å²) in [7, 11) is 1.55. The lowest BCUT2D eigenvalue weighted by molar-refractivity contribution is 0.0944. The molecule has 0 unspecified atom stereocenters. The maximum atomic E-state index is 12.1. The van der Waals surface area contributed by atoms with E-state index in [0.717, 1.165) is 16.9 Å². The Morgan fingerprint density at radius 1 is 1.09 bits per heavy atom. The molecule has 0 radical (unpaired) electrons. The van der Waals surface area contributed by atoms with Crippen molar-refractivity contribution >= 4 is 5.91 Å². The lowest BCUT2D eigenvalue weighted by Crippen LogP contribution is -2.28. The van der Waals surface area contributed by atoms with Crippen LogP contribution in [0.15, 0.2) is 42.5 Å². The van der Waals surface area contributed by atoms with Gasteiger partial charge in [0.25, 0.3) is 5.91 Å². The number of rotatable bonds is 6. The minimum absolute atomic E-state index is 0.165. The molecule has 2 rings (SSSR count). The third-order valence-corrected chi connectivity index (χ3v) is 3.20. The van der Waals surface area contributed by atoms with Crippen molar-refractivity contribution in [1.82, 2.24) is 5.32 Å². The summed E-state index contributed by atoms with van der Waals surface area (Å²) in [5.74, 6) is 1.22. The molecule has 0 bridgehead atoms. The van der Waals surface area contributed by atoms with E-state index < -0.39 is 0 Å². The van der Waals surface area contributed by atoms with Gasteiger partial charge in [-0.2, -0.15) is 0 Å². The van der Waals surface area contributed by atoms with E-state index in [1.165, 1.54) is 0 Å². The molecule has 1 N–H and O–H groups in total. The normalized spacial score (nSPS) is 10.1. The minimum atomic E-state index is -0.165. The van der Waals surface area contributed by atoms with Crippen LogP contribution in [0.25, 0.3) is 0 Å². The van der Waals surface area contributed by atoms with Gasteiger partial charge in [0.2, 0.25) is 0 Å². The Bertz CT molecular complexity index is 632. The first-order valence-electron chi connectivity index (χ1n) is 7.22. The predicted molar refractivity (Wildman–Crippen MR) is 86.7 cm³/mol. The summed E-state index contributed by atoms with van der Waals surface area (Å²) < 4.78 is 10.8. The lowest BCUT2D eigenvalue weighted by atomic mass is 10.1. The van der Waals surface area contributed by atoms with Crippen LogP contribution < -0.4 is 14.8 Å². The topological polar surface area (TPSA) is 47.6 Å². The minimum Gasteiger partial charge on any atom is -0.496 e. The van der Waals surface area contributed by atoms with Crippen molar-refractivity contribution < 1.29 is 14.3 Å². The average molecular weight is 299 g/mol. The van der Waals surface area contributed by atoms with Gasteiger partial charge in [0.05, 0.1) is 19.2 Å². The Labute approximate surface area is 131 Å². The van der Waals surface area contributed by atoms with Gasteiger partial charge in [0.15, 0.2) is 0 Å². The molecule has 0 saturated carbocycles. The summed E-state index contributed by atoms with van der Waals surface area (Å²) in [5, 5.41) is 2.83. The highest BCUT2D eigenvalue weighted by atomic mass is 16.5. The van der Waals surface area contributed by atoms with Gasteiger partial charge in [-0.25, -0.2) is 0 Å².